The number of aromatic nitrogens is 1. The number of aliphatic hydroxyl groups is 1. The van der Waals surface area contributed by atoms with E-state index in [4.69, 9.17) is 10.9 Å². The topological polar surface area (TPSA) is 187 Å². The van der Waals surface area contributed by atoms with Gasteiger partial charge in [0.1, 0.15) is 12.1 Å². The van der Waals surface area contributed by atoms with Gasteiger partial charge in [-0.25, -0.2) is 18.2 Å². The third-order valence-electron chi connectivity index (χ3n) is 10.1. The van der Waals surface area contributed by atoms with Crippen LogP contribution in [0.4, 0.5) is 4.79 Å². The molecular formula is C36H46N6O7S2. The standard InChI is InChI=1S/C36H46N6O7S2/c1-24(2)36(34(37)45,42-22-33(44)41(35(42)46)20-29-23-50-25(3)39-29)31(17-26-9-5-4-6-10-26)32(43)21-40(19-28-11-7-8-12-28)51(48,49)30-15-13-27(14-16-30)18-38-47/h4-6,9-10,13-16,18,23-24,28,31-32,43,47H,7-8,11-12,17,19-22H2,1-3H3,(H2,37,45)/b38-18+/t31-,32+,36?/m1/s1. The molecule has 2 aromatic carbocycles. The van der Waals surface area contributed by atoms with Gasteiger partial charge in [0, 0.05) is 24.4 Å². The molecule has 1 saturated heterocycles. The van der Waals surface area contributed by atoms with Gasteiger partial charge in [0.2, 0.25) is 15.9 Å². The number of sulfonamides is 1. The number of primary amides is 1. The Hall–Kier alpha value is -4.18. The number of hydrogen-bond donors (Lipinski definition) is 3. The van der Waals surface area contributed by atoms with Crippen LogP contribution in [0.2, 0.25) is 0 Å². The quantitative estimate of drug-likeness (QED) is 0.0852. The highest BCUT2D eigenvalue weighted by molar-refractivity contribution is 7.89. The molecule has 2 fully saturated rings. The fourth-order valence-corrected chi connectivity index (χ4v) is 9.79. The van der Waals surface area contributed by atoms with Crippen LogP contribution in [-0.4, -0.2) is 93.2 Å². The minimum atomic E-state index is -4.19. The van der Waals surface area contributed by atoms with E-state index in [-0.39, 0.29) is 30.3 Å². The first kappa shape index (κ1) is 38.1. The van der Waals surface area contributed by atoms with E-state index in [9.17, 15) is 27.9 Å². The van der Waals surface area contributed by atoms with Crippen molar-refractivity contribution in [3.8, 4) is 0 Å². The average Bonchev–Trinajstić information content (AvgIpc) is 3.83. The number of aryl methyl sites for hydroxylation is 1. The highest BCUT2D eigenvalue weighted by atomic mass is 32.2. The van der Waals surface area contributed by atoms with Crippen LogP contribution in [0.3, 0.4) is 0 Å². The van der Waals surface area contributed by atoms with E-state index in [2.05, 4.69) is 10.1 Å². The number of thiazole rings is 1. The molecule has 1 aliphatic heterocycles. The molecule has 0 bridgehead atoms. The number of rotatable bonds is 16. The lowest BCUT2D eigenvalue weighted by molar-refractivity contribution is -0.140. The smallest absolute Gasteiger partial charge is 0.328 e. The van der Waals surface area contributed by atoms with E-state index in [0.29, 0.717) is 11.3 Å². The molecule has 1 unspecified atom stereocenters. The minimum absolute atomic E-state index is 0.0133. The first-order valence-electron chi connectivity index (χ1n) is 17.1. The molecule has 1 aliphatic carbocycles. The zero-order valence-electron chi connectivity index (χ0n) is 29.1. The Morgan fingerprint density at radius 2 is 1.80 bits per heavy atom. The van der Waals surface area contributed by atoms with Gasteiger partial charge in [-0.2, -0.15) is 4.31 Å². The Balaban J connectivity index is 1.57. The molecule has 4 N–H and O–H groups in total. The number of carbonyl (C=O) groups is 3. The number of aliphatic hydroxyl groups excluding tert-OH is 1. The summed E-state index contributed by atoms with van der Waals surface area (Å²) < 4.78 is 29.9. The number of amides is 4. The molecule has 2 heterocycles. The van der Waals surface area contributed by atoms with Gasteiger partial charge in [-0.3, -0.25) is 19.4 Å². The normalized spacial score (nSPS) is 18.3. The van der Waals surface area contributed by atoms with Gasteiger partial charge in [-0.1, -0.05) is 74.3 Å². The molecule has 0 spiro atoms. The van der Waals surface area contributed by atoms with Crippen LogP contribution in [0.5, 0.6) is 0 Å². The van der Waals surface area contributed by atoms with E-state index < -0.39 is 64.4 Å². The van der Waals surface area contributed by atoms with Gasteiger partial charge >= 0.3 is 6.03 Å². The van der Waals surface area contributed by atoms with Crippen molar-refractivity contribution in [2.24, 2.45) is 28.6 Å². The van der Waals surface area contributed by atoms with Gasteiger partial charge < -0.3 is 16.0 Å². The van der Waals surface area contributed by atoms with Crippen molar-refractivity contribution in [2.45, 2.75) is 76.0 Å². The predicted octanol–water partition coefficient (Wildman–Crippen LogP) is 4.00. The number of hydrogen-bond acceptors (Lipinski definition) is 10. The van der Waals surface area contributed by atoms with E-state index in [1.165, 1.54) is 51.0 Å². The maximum Gasteiger partial charge on any atom is 0.328 e. The second kappa shape index (κ2) is 16.0. The highest BCUT2D eigenvalue weighted by Crippen LogP contribution is 2.41. The van der Waals surface area contributed by atoms with E-state index >= 15 is 0 Å². The van der Waals surface area contributed by atoms with Crippen molar-refractivity contribution in [3.63, 3.8) is 0 Å². The second-order valence-electron chi connectivity index (χ2n) is 13.7. The van der Waals surface area contributed by atoms with Crippen molar-refractivity contribution < 1.29 is 33.1 Å². The Kier molecular flexibility index (Phi) is 11.9. The predicted molar refractivity (Wildman–Crippen MR) is 192 cm³/mol. The zero-order chi connectivity index (χ0) is 36.9. The molecule has 4 amide bonds. The summed E-state index contributed by atoms with van der Waals surface area (Å²) in [5, 5.41) is 26.8. The SMILES string of the molecule is Cc1nc(CN2C(=O)CN(C(C(N)=O)(C(C)C)[C@H](Cc3ccccc3)[C@@H](O)CN(CC3CCCC3)S(=O)(=O)c3ccc(/C=N/O)cc3)C2=O)cs1. The van der Waals surface area contributed by atoms with Gasteiger partial charge in [-0.15, -0.1) is 11.3 Å². The van der Waals surface area contributed by atoms with Gasteiger partial charge in [0.05, 0.1) is 34.5 Å². The van der Waals surface area contributed by atoms with Crippen molar-refractivity contribution in [1.82, 2.24) is 19.1 Å². The maximum atomic E-state index is 14.3. The molecular weight excluding hydrogens is 693 g/mol. The zero-order valence-corrected chi connectivity index (χ0v) is 30.7. The second-order valence-corrected chi connectivity index (χ2v) is 16.7. The number of oxime groups is 1. The Labute approximate surface area is 302 Å². The Morgan fingerprint density at radius 1 is 1.14 bits per heavy atom. The van der Waals surface area contributed by atoms with Crippen molar-refractivity contribution in [3.05, 3.63) is 81.8 Å². The monoisotopic (exact) mass is 738 g/mol. The van der Waals surface area contributed by atoms with Crippen molar-refractivity contribution >= 4 is 45.4 Å². The number of benzene rings is 2. The van der Waals surface area contributed by atoms with Gasteiger partial charge in [-0.05, 0) is 61.3 Å². The number of imide groups is 1. The van der Waals surface area contributed by atoms with Crippen molar-refractivity contribution in [1.29, 1.82) is 0 Å². The summed E-state index contributed by atoms with van der Waals surface area (Å²) >= 11 is 1.39. The molecule has 3 aromatic rings. The molecule has 2 aliphatic rings. The molecule has 1 aromatic heterocycles. The molecule has 13 nitrogen and oxygen atoms in total. The van der Waals surface area contributed by atoms with Crippen LogP contribution in [-0.2, 0) is 32.6 Å². The average molecular weight is 739 g/mol. The van der Waals surface area contributed by atoms with Crippen LogP contribution in [0.25, 0.3) is 0 Å². The molecule has 274 valence electrons. The lowest BCUT2D eigenvalue weighted by Gasteiger charge is -2.49. The van der Waals surface area contributed by atoms with Crippen LogP contribution in [0.15, 0.2) is 70.0 Å². The Morgan fingerprint density at radius 3 is 2.37 bits per heavy atom. The molecule has 0 radical (unpaired) electrons. The summed E-state index contributed by atoms with van der Waals surface area (Å²) in [6.45, 7) is 4.45. The van der Waals surface area contributed by atoms with Crippen LogP contribution in [0, 0.1) is 24.7 Å². The highest BCUT2D eigenvalue weighted by Gasteiger charge is 2.59. The summed E-state index contributed by atoms with van der Waals surface area (Å²) in [4.78, 5) is 48.3. The summed E-state index contributed by atoms with van der Waals surface area (Å²) in [7, 11) is -4.19. The number of nitrogens with zero attached hydrogens (tertiary/aromatic N) is 5. The fraction of sp³-hybridized carbons (Fsp3) is 0.472. The maximum absolute atomic E-state index is 14.3. The largest absolute Gasteiger partial charge is 0.411 e. The van der Waals surface area contributed by atoms with Crippen LogP contribution in [0.1, 0.15) is 61.4 Å². The lowest BCUT2D eigenvalue weighted by atomic mass is 9.68. The summed E-state index contributed by atoms with van der Waals surface area (Å²) in [5.74, 6) is -3.20. The van der Waals surface area contributed by atoms with Gasteiger partial charge in [0.25, 0.3) is 5.91 Å². The van der Waals surface area contributed by atoms with E-state index in [1.54, 1.807) is 19.2 Å². The van der Waals surface area contributed by atoms with E-state index in [0.717, 1.165) is 41.2 Å². The van der Waals surface area contributed by atoms with Crippen LogP contribution < -0.4 is 5.73 Å². The molecule has 15 heteroatoms. The lowest BCUT2D eigenvalue weighted by Crippen LogP contribution is -2.69. The summed E-state index contributed by atoms with van der Waals surface area (Å²) in [6, 6.07) is 14.2. The summed E-state index contributed by atoms with van der Waals surface area (Å²) in [6.07, 6.45) is 3.33. The first-order valence-corrected chi connectivity index (χ1v) is 19.4. The number of carbonyl (C=O) groups excluding carboxylic acids is 3. The van der Waals surface area contributed by atoms with Crippen LogP contribution >= 0.6 is 11.3 Å². The minimum Gasteiger partial charge on any atom is -0.411 e. The van der Waals surface area contributed by atoms with Crippen molar-refractivity contribution in [2.75, 3.05) is 19.6 Å². The number of nitrogens with two attached hydrogens (primary N) is 1. The molecule has 5 rings (SSSR count). The number of urea groups is 1. The fourth-order valence-electron chi connectivity index (χ4n) is 7.65. The summed E-state index contributed by atoms with van der Waals surface area (Å²) in [5.41, 5.74) is 6.14. The first-order chi connectivity index (χ1) is 24.3. The molecule has 51 heavy (non-hydrogen) atoms. The van der Waals surface area contributed by atoms with E-state index in [1.807, 2.05) is 37.3 Å². The Bertz CT molecular complexity index is 1830. The molecule has 3 atom stereocenters. The third-order valence-corrected chi connectivity index (χ3v) is 12.8. The third kappa shape index (κ3) is 8.01. The molecule has 1 saturated carbocycles. The van der Waals surface area contributed by atoms with Gasteiger partial charge in [0.15, 0.2) is 0 Å².